The minimum absolute atomic E-state index is 0.0438. The first-order valence-electron chi connectivity index (χ1n) is 5.94. The van der Waals surface area contributed by atoms with Crippen molar-refractivity contribution in [1.29, 1.82) is 0 Å². The lowest BCUT2D eigenvalue weighted by molar-refractivity contribution is -0.123. The van der Waals surface area contributed by atoms with Crippen LogP contribution in [0.5, 0.6) is 0 Å². The molecule has 1 atom stereocenters. The zero-order valence-electron chi connectivity index (χ0n) is 9.89. The number of primary amides is 1. The molecule has 1 fully saturated rings. The predicted octanol–water partition coefficient (Wildman–Crippen LogP) is 0.555. The van der Waals surface area contributed by atoms with Gasteiger partial charge >= 0.3 is 0 Å². The van der Waals surface area contributed by atoms with Gasteiger partial charge in [0.25, 0.3) is 0 Å². The molecule has 18 heavy (non-hydrogen) atoms. The fourth-order valence-electron chi connectivity index (χ4n) is 2.47. The topological polar surface area (TPSA) is 72.6 Å². The zero-order valence-corrected chi connectivity index (χ0v) is 9.89. The highest BCUT2D eigenvalue weighted by Crippen LogP contribution is 2.29. The quantitative estimate of drug-likeness (QED) is 0.828. The average Bonchev–Trinajstić information content (AvgIpc) is 2.93. The van der Waals surface area contributed by atoms with Gasteiger partial charge in [0.15, 0.2) is 0 Å². The Labute approximate surface area is 105 Å². The van der Waals surface area contributed by atoms with E-state index in [0.717, 1.165) is 16.8 Å². The van der Waals surface area contributed by atoms with Crippen LogP contribution in [-0.4, -0.2) is 18.4 Å². The third-order valence-electron chi connectivity index (χ3n) is 3.54. The zero-order chi connectivity index (χ0) is 12.7. The van der Waals surface area contributed by atoms with Crippen molar-refractivity contribution in [3.63, 3.8) is 0 Å². The van der Waals surface area contributed by atoms with Crippen LogP contribution in [-0.2, 0) is 27.5 Å². The van der Waals surface area contributed by atoms with Gasteiger partial charge in [0.1, 0.15) is 0 Å². The van der Waals surface area contributed by atoms with Gasteiger partial charge in [-0.15, -0.1) is 0 Å². The summed E-state index contributed by atoms with van der Waals surface area (Å²) < 4.78 is 5.34. The largest absolute Gasteiger partial charge is 0.372 e. The highest BCUT2D eigenvalue weighted by atomic mass is 16.5. The van der Waals surface area contributed by atoms with E-state index in [-0.39, 0.29) is 18.2 Å². The van der Waals surface area contributed by atoms with Crippen LogP contribution in [0.15, 0.2) is 18.2 Å². The summed E-state index contributed by atoms with van der Waals surface area (Å²) in [5.41, 5.74) is 8.36. The van der Waals surface area contributed by atoms with Gasteiger partial charge in [-0.2, -0.15) is 0 Å². The lowest BCUT2D eigenvalue weighted by Crippen LogP contribution is -2.28. The number of carbonyl (C=O) groups is 2. The van der Waals surface area contributed by atoms with Crippen LogP contribution >= 0.6 is 0 Å². The lowest BCUT2D eigenvalue weighted by Gasteiger charge is -2.17. The molecule has 1 aromatic rings. The number of benzene rings is 1. The van der Waals surface area contributed by atoms with Gasteiger partial charge in [-0.25, -0.2) is 0 Å². The molecule has 5 nitrogen and oxygen atoms in total. The predicted molar refractivity (Wildman–Crippen MR) is 64.6 cm³/mol. The SMILES string of the molecule is NC(=O)C1CC(=O)N(c2ccc3c(c2)COC3)C1. The Bertz CT molecular complexity index is 527. The Morgan fingerprint density at radius 2 is 2.11 bits per heavy atom. The molecular formula is C13H14N2O3. The van der Waals surface area contributed by atoms with E-state index in [2.05, 4.69) is 0 Å². The summed E-state index contributed by atoms with van der Waals surface area (Å²) in [7, 11) is 0. The van der Waals surface area contributed by atoms with Crippen molar-refractivity contribution in [1.82, 2.24) is 0 Å². The number of nitrogens with two attached hydrogens (primary N) is 1. The van der Waals surface area contributed by atoms with Crippen LogP contribution in [0.1, 0.15) is 17.5 Å². The molecule has 0 aliphatic carbocycles. The van der Waals surface area contributed by atoms with Crippen LogP contribution in [0.3, 0.4) is 0 Å². The molecule has 1 aromatic carbocycles. The molecule has 0 spiro atoms. The number of ether oxygens (including phenoxy) is 1. The maximum atomic E-state index is 11.9. The second kappa shape index (κ2) is 4.10. The first-order chi connectivity index (χ1) is 8.65. The molecule has 1 saturated heterocycles. The molecule has 3 rings (SSSR count). The van der Waals surface area contributed by atoms with E-state index in [1.807, 2.05) is 18.2 Å². The van der Waals surface area contributed by atoms with E-state index in [1.165, 1.54) is 0 Å². The van der Waals surface area contributed by atoms with Crippen molar-refractivity contribution in [2.75, 3.05) is 11.4 Å². The van der Waals surface area contributed by atoms with Crippen LogP contribution in [0.2, 0.25) is 0 Å². The summed E-state index contributed by atoms with van der Waals surface area (Å²) in [6.07, 6.45) is 0.211. The molecule has 2 aliphatic heterocycles. The van der Waals surface area contributed by atoms with Gasteiger partial charge in [0, 0.05) is 18.7 Å². The van der Waals surface area contributed by atoms with E-state index in [0.29, 0.717) is 19.8 Å². The number of rotatable bonds is 2. The lowest BCUT2D eigenvalue weighted by atomic mass is 10.1. The van der Waals surface area contributed by atoms with Crippen molar-refractivity contribution in [3.8, 4) is 0 Å². The van der Waals surface area contributed by atoms with Crippen LogP contribution < -0.4 is 10.6 Å². The van der Waals surface area contributed by atoms with E-state index in [4.69, 9.17) is 10.5 Å². The van der Waals surface area contributed by atoms with Gasteiger partial charge < -0.3 is 15.4 Å². The number of anilines is 1. The first-order valence-corrected chi connectivity index (χ1v) is 5.94. The van der Waals surface area contributed by atoms with E-state index in [9.17, 15) is 9.59 Å². The Hall–Kier alpha value is -1.88. The molecule has 2 aliphatic rings. The van der Waals surface area contributed by atoms with Crippen molar-refractivity contribution in [2.24, 2.45) is 11.7 Å². The fraction of sp³-hybridized carbons (Fsp3) is 0.385. The maximum Gasteiger partial charge on any atom is 0.227 e. The minimum atomic E-state index is -0.407. The minimum Gasteiger partial charge on any atom is -0.372 e. The van der Waals surface area contributed by atoms with Crippen LogP contribution in [0.4, 0.5) is 5.69 Å². The molecule has 94 valence electrons. The van der Waals surface area contributed by atoms with Gasteiger partial charge in [-0.3, -0.25) is 9.59 Å². The summed E-state index contributed by atoms with van der Waals surface area (Å²) in [5.74, 6) is -0.824. The monoisotopic (exact) mass is 246 g/mol. The Morgan fingerprint density at radius 3 is 2.83 bits per heavy atom. The van der Waals surface area contributed by atoms with E-state index < -0.39 is 5.91 Å². The van der Waals surface area contributed by atoms with Crippen LogP contribution in [0, 0.1) is 5.92 Å². The molecule has 2 heterocycles. The van der Waals surface area contributed by atoms with E-state index >= 15 is 0 Å². The molecule has 5 heteroatoms. The molecular weight excluding hydrogens is 232 g/mol. The first kappa shape index (κ1) is 11.2. The van der Waals surface area contributed by atoms with Crippen LogP contribution in [0.25, 0.3) is 0 Å². The summed E-state index contributed by atoms with van der Waals surface area (Å²) >= 11 is 0. The summed E-state index contributed by atoms with van der Waals surface area (Å²) in [4.78, 5) is 24.6. The maximum absolute atomic E-state index is 11.9. The molecule has 0 aromatic heterocycles. The molecule has 0 bridgehead atoms. The fourth-order valence-corrected chi connectivity index (χ4v) is 2.47. The summed E-state index contributed by atoms with van der Waals surface area (Å²) in [6.45, 7) is 1.60. The number of nitrogens with zero attached hydrogens (tertiary/aromatic N) is 1. The summed E-state index contributed by atoms with van der Waals surface area (Å²) in [5, 5.41) is 0. The van der Waals surface area contributed by atoms with Crippen molar-refractivity contribution >= 4 is 17.5 Å². The standard InChI is InChI=1S/C13H14N2O3/c14-13(17)9-4-12(16)15(5-9)11-2-1-8-6-18-7-10(8)3-11/h1-3,9H,4-7H2,(H2,14,17). The number of carbonyl (C=O) groups excluding carboxylic acids is 2. The number of amides is 2. The second-order valence-electron chi connectivity index (χ2n) is 4.75. The Balaban J connectivity index is 1.87. The Kier molecular flexibility index (Phi) is 2.56. The Morgan fingerprint density at radius 1 is 1.33 bits per heavy atom. The third-order valence-corrected chi connectivity index (χ3v) is 3.54. The highest BCUT2D eigenvalue weighted by Gasteiger charge is 2.34. The number of hydrogen-bond acceptors (Lipinski definition) is 3. The van der Waals surface area contributed by atoms with Crippen molar-refractivity contribution < 1.29 is 14.3 Å². The molecule has 2 amide bonds. The second-order valence-corrected chi connectivity index (χ2v) is 4.75. The van der Waals surface area contributed by atoms with Crippen molar-refractivity contribution in [3.05, 3.63) is 29.3 Å². The highest BCUT2D eigenvalue weighted by molar-refractivity contribution is 6.00. The molecule has 0 saturated carbocycles. The molecule has 1 unspecified atom stereocenters. The molecule has 2 N–H and O–H groups in total. The van der Waals surface area contributed by atoms with Gasteiger partial charge in [0.2, 0.25) is 11.8 Å². The number of hydrogen-bond donors (Lipinski definition) is 1. The summed E-state index contributed by atoms with van der Waals surface area (Å²) in [6, 6.07) is 5.83. The van der Waals surface area contributed by atoms with Gasteiger partial charge in [0.05, 0.1) is 19.1 Å². The van der Waals surface area contributed by atoms with E-state index in [1.54, 1.807) is 4.90 Å². The smallest absolute Gasteiger partial charge is 0.227 e. The number of fused-ring (bicyclic) bond motifs is 1. The van der Waals surface area contributed by atoms with Gasteiger partial charge in [-0.05, 0) is 23.3 Å². The van der Waals surface area contributed by atoms with Gasteiger partial charge in [-0.1, -0.05) is 6.07 Å². The molecule has 0 radical (unpaired) electrons. The van der Waals surface area contributed by atoms with Crippen molar-refractivity contribution in [2.45, 2.75) is 19.6 Å². The third kappa shape index (κ3) is 1.76. The average molecular weight is 246 g/mol. The normalized spacial score (nSPS) is 22.3.